The summed E-state index contributed by atoms with van der Waals surface area (Å²) < 4.78 is 0. The van der Waals surface area contributed by atoms with Gasteiger partial charge in [-0.25, -0.2) is 0 Å². The summed E-state index contributed by atoms with van der Waals surface area (Å²) in [6, 6.07) is 0. The van der Waals surface area contributed by atoms with Crippen LogP contribution in [0.4, 0.5) is 0 Å². The summed E-state index contributed by atoms with van der Waals surface area (Å²) >= 11 is 0. The molecule has 0 fully saturated rings. The number of hydrogen-bond donors (Lipinski definition) is 8. The van der Waals surface area contributed by atoms with Crippen LogP contribution in [0.1, 0.15) is 0 Å². The normalized spacial score (nSPS) is 27.6. The van der Waals surface area contributed by atoms with Crippen molar-refractivity contribution in [3.63, 3.8) is 0 Å². The van der Waals surface area contributed by atoms with Gasteiger partial charge >= 0.3 is 74.5 Å². The molecule has 0 spiro atoms. The van der Waals surface area contributed by atoms with Gasteiger partial charge in [-0.05, 0) is 19.7 Å². The summed E-state index contributed by atoms with van der Waals surface area (Å²) in [4.78, 5) is 125. The Morgan fingerprint density at radius 2 is 0.456 bits per heavy atom. The fraction of sp³-hybridized carbons (Fsp3) is 0.333. The molecule has 4 heterocycles. The Kier molecular flexibility index (Phi) is 8.90. The van der Waals surface area contributed by atoms with E-state index in [1.807, 2.05) is 0 Å². The Hall–Kier alpha value is -9.14. The summed E-state index contributed by atoms with van der Waals surface area (Å²) in [7, 11) is 0. The lowest BCUT2D eigenvalue weighted by atomic mass is 9.01. The molecule has 4 rings (SSSR count). The van der Waals surface area contributed by atoms with Crippen LogP contribution in [0.5, 0.6) is 0 Å². The number of rotatable bonds is 16. The minimum absolute atomic E-state index is 0.813. The van der Waals surface area contributed by atoms with Crippen molar-refractivity contribution in [2.75, 3.05) is 0 Å². The van der Waals surface area contributed by atoms with E-state index in [1.54, 1.807) is 0 Å². The molecule has 8 N–H and O–H groups in total. The number of hydrazine groups is 4. The third-order valence-electron chi connectivity index (χ3n) is 8.95. The van der Waals surface area contributed by atoms with E-state index in [1.165, 1.54) is 0 Å². The van der Waals surface area contributed by atoms with Crippen LogP contribution in [0, 0.1) is 121 Å². The molecule has 0 bridgehead atoms. The molecular weight excluding hydrogens is 819 g/mol. The molecule has 45 heteroatoms. The van der Waals surface area contributed by atoms with Crippen LogP contribution in [0.2, 0.25) is 0 Å². The largest absolute Gasteiger partial charge is 0.477 e. The van der Waals surface area contributed by atoms with Crippen LogP contribution in [0.25, 0.3) is 0 Å². The van der Waals surface area contributed by atoms with Gasteiger partial charge in [0.05, 0.1) is 19.7 Å². The molecule has 0 aliphatic carbocycles. The van der Waals surface area contributed by atoms with Gasteiger partial charge in [0.25, 0.3) is 0 Å². The Morgan fingerprint density at radius 1 is 0.298 bits per heavy atom. The zero-order valence-electron chi connectivity index (χ0n) is 25.7. The van der Waals surface area contributed by atoms with E-state index in [4.69, 9.17) is 0 Å². The molecule has 4 unspecified atom stereocenters. The lowest BCUT2D eigenvalue weighted by Crippen LogP contribution is -3.04. The summed E-state index contributed by atoms with van der Waals surface area (Å²) in [5.41, 5.74) is -29.6. The number of nitro groups is 12. The number of nitrogens with one attached hydrogen (secondary N) is 8. The van der Waals surface area contributed by atoms with Crippen molar-refractivity contribution in [1.29, 1.82) is 0 Å². The number of hydrogen-bond acceptors (Lipinski definition) is 32. The SMILES string of the molecule is O=[N+]([O-])C1=C([N+](=O)[O-])C([N+](=O)[O-])([B-](C2([N+](=O)[O-])NNC([N+](=O)[O-])=C2[N+](=O)[O-])(C2([N+](=O)[O-])NNC([N+](=O)[O-])=C2[N+](=O)[O-])C2([N+](=O)[O-])NNC([N+](=O)[O-])=C2[N+](=O)[O-])NN1. The van der Waals surface area contributed by atoms with Crippen molar-refractivity contribution in [1.82, 2.24) is 43.4 Å². The molecule has 0 aromatic rings. The van der Waals surface area contributed by atoms with Gasteiger partial charge in [-0.2, -0.15) is 21.7 Å². The zero-order chi connectivity index (χ0) is 43.7. The molecule has 4 aliphatic heterocycles. The first kappa shape index (κ1) is 40.6. The first-order valence-corrected chi connectivity index (χ1v) is 13.2. The van der Waals surface area contributed by atoms with E-state index in [0.29, 0.717) is 0 Å². The second-order valence-corrected chi connectivity index (χ2v) is 10.8. The molecule has 0 radical (unpaired) electrons. The standard InChI is InChI=1S/C12H8BN20O24/c34-22(35)1-5(26(42)43)14-18-9(1,30(50)51)13(10(31(52)53)2(23(36)37)6(15-19-10)27(44)45,11(32(54)55)3(24(38)39)7(16-20-11)28(46)47)12(33(56)57)4(25(40)41)8(17-21-12)29(48)49/h14-21H/q-1. The van der Waals surface area contributed by atoms with Crippen LogP contribution in [0.3, 0.4) is 0 Å². The molecule has 4 atom stereocenters. The van der Waals surface area contributed by atoms with Gasteiger partial charge in [0.1, 0.15) is 0 Å². The first-order valence-electron chi connectivity index (χ1n) is 13.2. The Bertz CT molecular complexity index is 1940. The van der Waals surface area contributed by atoms with Crippen LogP contribution in [0.15, 0.2) is 46.1 Å². The average Bonchev–Trinajstić information content (AvgIpc) is 3.87. The third-order valence-corrected chi connectivity index (χ3v) is 8.95. The second-order valence-electron chi connectivity index (χ2n) is 10.8. The fourth-order valence-electron chi connectivity index (χ4n) is 7.47. The molecule has 57 heavy (non-hydrogen) atoms. The van der Waals surface area contributed by atoms with Crippen molar-refractivity contribution in [3.8, 4) is 0 Å². The maximum atomic E-state index is 13.7. The highest BCUT2D eigenvalue weighted by molar-refractivity contribution is 6.91. The monoisotopic (exact) mass is 827 g/mol. The predicted molar refractivity (Wildman–Crippen MR) is 154 cm³/mol. The molecule has 44 nitrogen and oxygen atoms in total. The highest BCUT2D eigenvalue weighted by atomic mass is 16.7. The van der Waals surface area contributed by atoms with Gasteiger partial charge in [0, 0.05) is 19.7 Å². The quantitative estimate of drug-likeness (QED) is 0.0407. The third kappa shape index (κ3) is 4.37. The molecular formula is C12H8BN20O24-. The molecule has 4 aliphatic rings. The maximum absolute atomic E-state index is 13.7. The predicted octanol–water partition coefficient (Wildman–Crippen LogP) is -7.19. The molecule has 304 valence electrons. The summed E-state index contributed by atoms with van der Waals surface area (Å²) in [6.45, 7) is 0. The van der Waals surface area contributed by atoms with Gasteiger partial charge in [-0.1, -0.05) is 0 Å². The van der Waals surface area contributed by atoms with Gasteiger partial charge in [0.15, 0.2) is 0 Å². The van der Waals surface area contributed by atoms with Crippen molar-refractivity contribution in [2.24, 2.45) is 0 Å². The molecule has 0 amide bonds. The Morgan fingerprint density at radius 3 is 0.561 bits per heavy atom. The van der Waals surface area contributed by atoms with Crippen molar-refractivity contribution in [2.45, 2.75) is 22.2 Å². The van der Waals surface area contributed by atoms with E-state index >= 15 is 0 Å². The highest BCUT2D eigenvalue weighted by Crippen LogP contribution is 2.60. The summed E-state index contributed by atoms with van der Waals surface area (Å²) in [5, 5.41) is 154. The van der Waals surface area contributed by atoms with Crippen molar-refractivity contribution in [3.05, 3.63) is 167 Å². The van der Waals surface area contributed by atoms with Gasteiger partial charge in [0.2, 0.25) is 0 Å². The summed E-state index contributed by atoms with van der Waals surface area (Å²) in [5.74, 6) is -10.6. The molecule has 0 saturated carbocycles. The van der Waals surface area contributed by atoms with Gasteiger partial charge in [-0.15, -0.1) is 21.7 Å². The molecule has 0 saturated heterocycles. The van der Waals surface area contributed by atoms with Crippen molar-refractivity contribution < 1.29 is 59.1 Å². The Labute approximate surface area is 299 Å². The van der Waals surface area contributed by atoms with E-state index < -0.39 is 134 Å². The highest BCUT2D eigenvalue weighted by Gasteiger charge is 3.11. The van der Waals surface area contributed by atoms with Crippen LogP contribution in [-0.2, 0) is 0 Å². The Balaban J connectivity index is 2.85. The van der Waals surface area contributed by atoms with E-state index in [2.05, 4.69) is 0 Å². The van der Waals surface area contributed by atoms with E-state index in [9.17, 15) is 121 Å². The minimum Gasteiger partial charge on any atom is -0.358 e. The van der Waals surface area contributed by atoms with Crippen LogP contribution in [-0.4, -0.2) is 87.5 Å². The molecule has 0 aromatic carbocycles. The number of nitrogens with zero attached hydrogens (tertiary/aromatic N) is 12. The van der Waals surface area contributed by atoms with Crippen LogP contribution >= 0.6 is 0 Å². The van der Waals surface area contributed by atoms with Crippen LogP contribution < -0.4 is 43.4 Å². The van der Waals surface area contributed by atoms with Gasteiger partial charge < -0.3 is 40.5 Å². The lowest BCUT2D eigenvalue weighted by molar-refractivity contribution is -0.643. The topological polar surface area (TPSA) is 614 Å². The van der Waals surface area contributed by atoms with Gasteiger partial charge in [-0.3, -0.25) is 80.9 Å². The zero-order valence-corrected chi connectivity index (χ0v) is 25.7. The average molecular weight is 827 g/mol. The second kappa shape index (κ2) is 12.5. The minimum atomic E-state index is -7.86. The lowest BCUT2D eigenvalue weighted by Gasteiger charge is -2.51. The fourth-order valence-corrected chi connectivity index (χ4v) is 7.47. The maximum Gasteiger partial charge on any atom is 0.477 e. The first-order chi connectivity index (χ1) is 26.2. The van der Waals surface area contributed by atoms with E-state index in [-0.39, 0.29) is 0 Å². The van der Waals surface area contributed by atoms with Crippen molar-refractivity contribution >= 4 is 6.15 Å². The van der Waals surface area contributed by atoms with E-state index in [0.717, 1.165) is 43.4 Å². The smallest absolute Gasteiger partial charge is 0.358 e. The summed E-state index contributed by atoms with van der Waals surface area (Å²) in [6.07, 6.45) is -7.86. The molecule has 0 aromatic heterocycles.